The predicted octanol–water partition coefficient (Wildman–Crippen LogP) is 0.916. The molecule has 94 valence electrons. The third kappa shape index (κ3) is 4.49. The van der Waals surface area contributed by atoms with E-state index in [1.54, 1.807) is 0 Å². The van der Waals surface area contributed by atoms with Gasteiger partial charge in [0.15, 0.2) is 0 Å². The molecule has 1 aliphatic heterocycles. The Bertz CT molecular complexity index is 209. The Morgan fingerprint density at radius 1 is 1.56 bits per heavy atom. The van der Waals surface area contributed by atoms with Gasteiger partial charge in [-0.05, 0) is 12.8 Å². The maximum Gasteiger partial charge on any atom is 0.222 e. The Balaban J connectivity index is 2.23. The molecule has 0 aromatic heterocycles. The zero-order chi connectivity index (χ0) is 12.0. The van der Waals surface area contributed by atoms with Gasteiger partial charge in [-0.3, -0.25) is 4.79 Å². The molecule has 1 amide bonds. The first kappa shape index (κ1) is 13.5. The lowest BCUT2D eigenvalue weighted by Crippen LogP contribution is -2.43. The SMILES string of the molecule is CCC(C)C(C)NC(=O)CC1CNCCO1. The van der Waals surface area contributed by atoms with Crippen LogP contribution in [0, 0.1) is 5.92 Å². The van der Waals surface area contributed by atoms with Gasteiger partial charge in [-0.2, -0.15) is 0 Å². The van der Waals surface area contributed by atoms with Crippen LogP contribution in [0.3, 0.4) is 0 Å². The first-order valence-electron chi connectivity index (χ1n) is 6.25. The molecule has 1 fully saturated rings. The fourth-order valence-corrected chi connectivity index (χ4v) is 1.77. The van der Waals surface area contributed by atoms with Crippen LogP contribution in [0.1, 0.15) is 33.6 Å². The van der Waals surface area contributed by atoms with E-state index in [2.05, 4.69) is 31.4 Å². The number of nitrogens with one attached hydrogen (secondary N) is 2. The molecule has 3 atom stereocenters. The van der Waals surface area contributed by atoms with Crippen molar-refractivity contribution in [3.8, 4) is 0 Å². The number of ether oxygens (including phenoxy) is 1. The van der Waals surface area contributed by atoms with Crippen LogP contribution in [0.25, 0.3) is 0 Å². The Hall–Kier alpha value is -0.610. The predicted molar refractivity (Wildman–Crippen MR) is 64.3 cm³/mol. The van der Waals surface area contributed by atoms with E-state index in [0.29, 0.717) is 18.9 Å². The van der Waals surface area contributed by atoms with Crippen molar-refractivity contribution < 1.29 is 9.53 Å². The van der Waals surface area contributed by atoms with Gasteiger partial charge in [0, 0.05) is 19.1 Å². The molecule has 16 heavy (non-hydrogen) atoms. The molecule has 2 N–H and O–H groups in total. The van der Waals surface area contributed by atoms with Gasteiger partial charge in [-0.15, -0.1) is 0 Å². The molecule has 0 spiro atoms. The third-order valence-corrected chi connectivity index (χ3v) is 3.30. The number of carbonyl (C=O) groups is 1. The van der Waals surface area contributed by atoms with Crippen molar-refractivity contribution in [1.82, 2.24) is 10.6 Å². The number of rotatable bonds is 5. The second kappa shape index (κ2) is 6.86. The molecule has 0 aromatic carbocycles. The molecule has 0 aliphatic carbocycles. The van der Waals surface area contributed by atoms with Crippen LogP contribution in [0.5, 0.6) is 0 Å². The highest BCUT2D eigenvalue weighted by atomic mass is 16.5. The summed E-state index contributed by atoms with van der Waals surface area (Å²) in [7, 11) is 0. The van der Waals surface area contributed by atoms with Crippen LogP contribution in [0.15, 0.2) is 0 Å². The summed E-state index contributed by atoms with van der Waals surface area (Å²) in [5, 5.41) is 6.25. The quantitative estimate of drug-likeness (QED) is 0.735. The minimum absolute atomic E-state index is 0.0397. The highest BCUT2D eigenvalue weighted by Gasteiger charge is 2.19. The van der Waals surface area contributed by atoms with E-state index >= 15 is 0 Å². The lowest BCUT2D eigenvalue weighted by atomic mass is 10.0. The van der Waals surface area contributed by atoms with Crippen LogP contribution in [0.2, 0.25) is 0 Å². The van der Waals surface area contributed by atoms with E-state index in [9.17, 15) is 4.79 Å². The number of morpholine rings is 1. The van der Waals surface area contributed by atoms with E-state index < -0.39 is 0 Å². The van der Waals surface area contributed by atoms with Gasteiger partial charge >= 0.3 is 0 Å². The first-order chi connectivity index (χ1) is 7.63. The summed E-state index contributed by atoms with van der Waals surface area (Å²) in [6, 6.07) is 0.244. The van der Waals surface area contributed by atoms with Crippen molar-refractivity contribution in [2.45, 2.75) is 45.8 Å². The smallest absolute Gasteiger partial charge is 0.222 e. The molecule has 0 bridgehead atoms. The number of carbonyl (C=O) groups excluding carboxylic acids is 1. The van der Waals surface area contributed by atoms with E-state index in [-0.39, 0.29) is 18.1 Å². The molecule has 4 heteroatoms. The molecular weight excluding hydrogens is 204 g/mol. The third-order valence-electron chi connectivity index (χ3n) is 3.30. The van der Waals surface area contributed by atoms with Crippen LogP contribution in [0.4, 0.5) is 0 Å². The second-order valence-electron chi connectivity index (χ2n) is 4.64. The van der Waals surface area contributed by atoms with E-state index in [4.69, 9.17) is 4.74 Å². The molecule has 1 rings (SSSR count). The molecular formula is C12H24N2O2. The molecule has 3 unspecified atom stereocenters. The topological polar surface area (TPSA) is 50.4 Å². The van der Waals surface area contributed by atoms with E-state index in [1.165, 1.54) is 0 Å². The Labute approximate surface area is 98.1 Å². The summed E-state index contributed by atoms with van der Waals surface area (Å²) in [5.41, 5.74) is 0. The van der Waals surface area contributed by atoms with Gasteiger partial charge in [0.05, 0.1) is 19.1 Å². The molecule has 4 nitrogen and oxygen atoms in total. The molecule has 0 radical (unpaired) electrons. The van der Waals surface area contributed by atoms with Crippen molar-refractivity contribution in [1.29, 1.82) is 0 Å². The van der Waals surface area contributed by atoms with Crippen molar-refractivity contribution in [2.75, 3.05) is 19.7 Å². The Kier molecular flexibility index (Phi) is 5.77. The maximum atomic E-state index is 11.7. The maximum absolute atomic E-state index is 11.7. The average Bonchev–Trinajstić information content (AvgIpc) is 2.29. The van der Waals surface area contributed by atoms with Gasteiger partial charge < -0.3 is 15.4 Å². The van der Waals surface area contributed by atoms with E-state index in [0.717, 1.165) is 19.5 Å². The molecule has 0 saturated carbocycles. The van der Waals surface area contributed by atoms with Crippen LogP contribution in [-0.4, -0.2) is 37.7 Å². The molecule has 0 aromatic rings. The van der Waals surface area contributed by atoms with Crippen LogP contribution < -0.4 is 10.6 Å². The number of hydrogen-bond acceptors (Lipinski definition) is 3. The number of hydrogen-bond donors (Lipinski definition) is 2. The lowest BCUT2D eigenvalue weighted by molar-refractivity contribution is -0.125. The zero-order valence-corrected chi connectivity index (χ0v) is 10.6. The fraction of sp³-hybridized carbons (Fsp3) is 0.917. The first-order valence-corrected chi connectivity index (χ1v) is 6.25. The average molecular weight is 228 g/mol. The second-order valence-corrected chi connectivity index (χ2v) is 4.64. The summed E-state index contributed by atoms with van der Waals surface area (Å²) in [6.45, 7) is 8.74. The van der Waals surface area contributed by atoms with Gasteiger partial charge in [-0.1, -0.05) is 20.3 Å². The number of amides is 1. The molecule has 1 aliphatic rings. The summed E-state index contributed by atoms with van der Waals surface area (Å²) < 4.78 is 5.49. The largest absolute Gasteiger partial charge is 0.375 e. The summed E-state index contributed by atoms with van der Waals surface area (Å²) in [5.74, 6) is 0.621. The fourth-order valence-electron chi connectivity index (χ4n) is 1.77. The monoisotopic (exact) mass is 228 g/mol. The normalized spacial score (nSPS) is 24.8. The van der Waals surface area contributed by atoms with Crippen LogP contribution >= 0.6 is 0 Å². The standard InChI is InChI=1S/C12H24N2O2/c1-4-9(2)10(3)14-12(15)7-11-8-13-5-6-16-11/h9-11,13H,4-8H2,1-3H3,(H,14,15). The van der Waals surface area contributed by atoms with Gasteiger partial charge in [-0.25, -0.2) is 0 Å². The van der Waals surface area contributed by atoms with E-state index in [1.807, 2.05) is 0 Å². The van der Waals surface area contributed by atoms with Crippen molar-refractivity contribution in [3.05, 3.63) is 0 Å². The van der Waals surface area contributed by atoms with Gasteiger partial charge in [0.2, 0.25) is 5.91 Å². The summed E-state index contributed by atoms with van der Waals surface area (Å²) in [4.78, 5) is 11.7. The molecule has 1 heterocycles. The highest BCUT2D eigenvalue weighted by Crippen LogP contribution is 2.08. The lowest BCUT2D eigenvalue weighted by Gasteiger charge is -2.25. The summed E-state index contributed by atoms with van der Waals surface area (Å²) >= 11 is 0. The highest BCUT2D eigenvalue weighted by molar-refractivity contribution is 5.76. The minimum Gasteiger partial charge on any atom is -0.375 e. The van der Waals surface area contributed by atoms with Gasteiger partial charge in [0.1, 0.15) is 0 Å². The summed E-state index contributed by atoms with van der Waals surface area (Å²) in [6.07, 6.45) is 1.59. The Morgan fingerprint density at radius 2 is 2.31 bits per heavy atom. The van der Waals surface area contributed by atoms with Crippen LogP contribution in [-0.2, 0) is 9.53 Å². The van der Waals surface area contributed by atoms with Crippen molar-refractivity contribution in [3.63, 3.8) is 0 Å². The zero-order valence-electron chi connectivity index (χ0n) is 10.6. The van der Waals surface area contributed by atoms with Crippen molar-refractivity contribution >= 4 is 5.91 Å². The van der Waals surface area contributed by atoms with Crippen molar-refractivity contribution in [2.24, 2.45) is 5.92 Å². The minimum atomic E-state index is 0.0397. The van der Waals surface area contributed by atoms with Gasteiger partial charge in [0.25, 0.3) is 0 Å². The Morgan fingerprint density at radius 3 is 2.88 bits per heavy atom. The molecule has 1 saturated heterocycles.